The fourth-order valence-corrected chi connectivity index (χ4v) is 5.34. The molecule has 170 valence electrons. The van der Waals surface area contributed by atoms with Crippen LogP contribution in [0.1, 0.15) is 65.6 Å². The zero-order valence-electron chi connectivity index (χ0n) is 19.1. The molecule has 6 heteroatoms. The monoisotopic (exact) mass is 435 g/mol. The van der Waals surface area contributed by atoms with Crippen LogP contribution in [0.2, 0.25) is 0 Å². The first-order valence-electron chi connectivity index (χ1n) is 11.9. The number of nitrogens with zero attached hydrogens (tertiary/aromatic N) is 3. The number of hydrogen-bond donors (Lipinski definition) is 1. The highest BCUT2D eigenvalue weighted by molar-refractivity contribution is 5.87. The quantitative estimate of drug-likeness (QED) is 0.692. The molecule has 0 amide bonds. The highest BCUT2D eigenvalue weighted by Gasteiger charge is 2.45. The molecule has 3 fully saturated rings. The second kappa shape index (κ2) is 8.39. The van der Waals surface area contributed by atoms with E-state index in [1.807, 2.05) is 6.07 Å². The van der Waals surface area contributed by atoms with Gasteiger partial charge in [-0.3, -0.25) is 4.90 Å². The first kappa shape index (κ1) is 21.3. The highest BCUT2D eigenvalue weighted by Crippen LogP contribution is 2.45. The minimum Gasteiger partial charge on any atom is -0.494 e. The third-order valence-electron chi connectivity index (χ3n) is 7.44. The van der Waals surface area contributed by atoms with Crippen LogP contribution in [-0.2, 0) is 6.54 Å². The topological polar surface area (TPSA) is 65.9 Å². The van der Waals surface area contributed by atoms with Crippen molar-refractivity contribution in [3.63, 3.8) is 0 Å². The van der Waals surface area contributed by atoms with Gasteiger partial charge in [0.25, 0.3) is 0 Å². The summed E-state index contributed by atoms with van der Waals surface area (Å²) in [5, 5.41) is 9.06. The second-order valence-corrected chi connectivity index (χ2v) is 9.87. The zero-order valence-corrected chi connectivity index (χ0v) is 19.1. The van der Waals surface area contributed by atoms with Gasteiger partial charge in [0.15, 0.2) is 0 Å². The van der Waals surface area contributed by atoms with Gasteiger partial charge in [0.05, 0.1) is 12.2 Å². The molecule has 1 aromatic carbocycles. The summed E-state index contributed by atoms with van der Waals surface area (Å²) in [4.78, 5) is 20.3. The van der Waals surface area contributed by atoms with Crippen LogP contribution < -0.4 is 9.64 Å². The van der Waals surface area contributed by atoms with E-state index in [1.54, 1.807) is 6.07 Å². The van der Waals surface area contributed by atoms with Crippen molar-refractivity contribution in [2.24, 2.45) is 5.41 Å². The minimum absolute atomic E-state index is 0.242. The van der Waals surface area contributed by atoms with Crippen molar-refractivity contribution in [3.05, 3.63) is 52.7 Å². The number of carbonyl (C=O) groups is 1. The van der Waals surface area contributed by atoms with Gasteiger partial charge in [-0.2, -0.15) is 0 Å². The van der Waals surface area contributed by atoms with Crippen LogP contribution in [0.4, 0.5) is 5.82 Å². The molecule has 6 nitrogen and oxygen atoms in total. The molecule has 3 aliphatic rings. The van der Waals surface area contributed by atoms with Crippen LogP contribution in [0, 0.1) is 12.3 Å². The first-order valence-corrected chi connectivity index (χ1v) is 11.9. The summed E-state index contributed by atoms with van der Waals surface area (Å²) in [5.41, 5.74) is 4.88. The maximum Gasteiger partial charge on any atom is 0.337 e. The number of carboxylic acid groups (broad SMARTS) is 1. The average molecular weight is 436 g/mol. The molecule has 2 aromatic rings. The van der Waals surface area contributed by atoms with Crippen LogP contribution >= 0.6 is 0 Å². The van der Waals surface area contributed by atoms with E-state index in [0.717, 1.165) is 50.2 Å². The first-order chi connectivity index (χ1) is 15.5. The van der Waals surface area contributed by atoms with E-state index in [4.69, 9.17) is 9.84 Å². The Labute approximate surface area is 190 Å². The number of ether oxygens (including phenoxy) is 1. The van der Waals surface area contributed by atoms with E-state index in [2.05, 4.69) is 40.8 Å². The molecular formula is C26H33N3O3. The predicted molar refractivity (Wildman–Crippen MR) is 125 cm³/mol. The van der Waals surface area contributed by atoms with E-state index in [0.29, 0.717) is 12.0 Å². The van der Waals surface area contributed by atoms with Crippen LogP contribution in [0.5, 0.6) is 5.75 Å². The predicted octanol–water partition coefficient (Wildman–Crippen LogP) is 4.47. The van der Waals surface area contributed by atoms with Gasteiger partial charge in [-0.25, -0.2) is 9.78 Å². The lowest BCUT2D eigenvalue weighted by atomic mass is 9.72. The molecule has 2 aliphatic heterocycles. The Balaban J connectivity index is 1.19. The average Bonchev–Trinajstić information content (AvgIpc) is 3.60. The number of aryl methyl sites for hydroxylation is 1. The number of pyridine rings is 1. The van der Waals surface area contributed by atoms with E-state index >= 15 is 0 Å². The Morgan fingerprint density at radius 3 is 2.56 bits per heavy atom. The fraction of sp³-hybridized carbons (Fsp3) is 0.538. The maximum absolute atomic E-state index is 11.0. The summed E-state index contributed by atoms with van der Waals surface area (Å²) in [6.45, 7) is 10.2. The van der Waals surface area contributed by atoms with E-state index < -0.39 is 5.97 Å². The fourth-order valence-electron chi connectivity index (χ4n) is 5.34. The summed E-state index contributed by atoms with van der Waals surface area (Å²) < 4.78 is 5.89. The number of hydrogen-bond acceptors (Lipinski definition) is 5. The summed E-state index contributed by atoms with van der Waals surface area (Å²) >= 11 is 0. The zero-order chi connectivity index (χ0) is 22.3. The van der Waals surface area contributed by atoms with Crippen LogP contribution in [-0.4, -0.2) is 53.7 Å². The van der Waals surface area contributed by atoms with Crippen molar-refractivity contribution in [2.75, 3.05) is 37.7 Å². The van der Waals surface area contributed by atoms with E-state index in [1.165, 1.54) is 48.6 Å². The molecule has 0 unspecified atom stereocenters. The van der Waals surface area contributed by atoms with E-state index in [9.17, 15) is 4.79 Å². The molecule has 1 aliphatic carbocycles. The standard InChI is InChI=1S/C26H33N3O3/c1-3-32-23-13-21(22(12-18(23)2)19-4-5-19)15-28-10-8-26(9-11-28)16-29(17-26)24-7-6-20(14-27-24)25(30)31/h6-7,12-14,19H,3-5,8-11,15-17H2,1-2H3,(H,30,31). The number of aromatic carboxylic acids is 1. The maximum atomic E-state index is 11.0. The third kappa shape index (κ3) is 4.20. The minimum atomic E-state index is -0.928. The third-order valence-corrected chi connectivity index (χ3v) is 7.44. The Hall–Kier alpha value is -2.60. The Morgan fingerprint density at radius 1 is 1.22 bits per heavy atom. The van der Waals surface area contributed by atoms with Crippen molar-refractivity contribution in [2.45, 2.75) is 52.0 Å². The number of piperidine rings is 1. The molecular weight excluding hydrogens is 402 g/mol. The van der Waals surface area contributed by atoms with Gasteiger partial charge in [-0.05, 0) is 93.4 Å². The highest BCUT2D eigenvalue weighted by atomic mass is 16.5. The Morgan fingerprint density at radius 2 is 1.97 bits per heavy atom. The van der Waals surface area contributed by atoms with E-state index in [-0.39, 0.29) is 5.56 Å². The van der Waals surface area contributed by atoms with Crippen molar-refractivity contribution >= 4 is 11.8 Å². The summed E-state index contributed by atoms with van der Waals surface area (Å²) in [7, 11) is 0. The van der Waals surface area contributed by atoms with Crippen LogP contribution in [0.25, 0.3) is 0 Å². The second-order valence-electron chi connectivity index (χ2n) is 9.87. The van der Waals surface area contributed by atoms with Crippen molar-refractivity contribution in [3.8, 4) is 5.75 Å². The molecule has 32 heavy (non-hydrogen) atoms. The number of benzene rings is 1. The summed E-state index contributed by atoms with van der Waals surface area (Å²) in [5.74, 6) is 1.75. The normalized spacial score (nSPS) is 20.2. The van der Waals surface area contributed by atoms with Crippen molar-refractivity contribution in [1.82, 2.24) is 9.88 Å². The van der Waals surface area contributed by atoms with Crippen molar-refractivity contribution < 1.29 is 14.6 Å². The van der Waals surface area contributed by atoms with Crippen molar-refractivity contribution in [1.29, 1.82) is 0 Å². The van der Waals surface area contributed by atoms with Gasteiger partial charge in [0.1, 0.15) is 11.6 Å². The molecule has 5 rings (SSSR count). The van der Waals surface area contributed by atoms with Crippen LogP contribution in [0.15, 0.2) is 30.5 Å². The number of rotatable bonds is 7. The van der Waals surface area contributed by atoms with Gasteiger partial charge in [-0.1, -0.05) is 6.07 Å². The summed E-state index contributed by atoms with van der Waals surface area (Å²) in [6.07, 6.45) is 6.52. The molecule has 2 saturated heterocycles. The number of carboxylic acids is 1. The molecule has 0 radical (unpaired) electrons. The molecule has 3 heterocycles. The van der Waals surface area contributed by atoms with Gasteiger partial charge < -0.3 is 14.7 Å². The van der Waals surface area contributed by atoms with Crippen LogP contribution in [0.3, 0.4) is 0 Å². The Bertz CT molecular complexity index is 984. The summed E-state index contributed by atoms with van der Waals surface area (Å²) in [6, 6.07) is 8.15. The Kier molecular flexibility index (Phi) is 5.58. The smallest absolute Gasteiger partial charge is 0.337 e. The molecule has 1 spiro atoms. The largest absolute Gasteiger partial charge is 0.494 e. The van der Waals surface area contributed by atoms with Gasteiger partial charge in [-0.15, -0.1) is 0 Å². The molecule has 1 saturated carbocycles. The number of anilines is 1. The molecule has 0 atom stereocenters. The lowest BCUT2D eigenvalue weighted by molar-refractivity contribution is 0.0694. The lowest BCUT2D eigenvalue weighted by Crippen LogP contribution is -2.60. The lowest BCUT2D eigenvalue weighted by Gasteiger charge is -2.54. The van der Waals surface area contributed by atoms with Gasteiger partial charge in [0, 0.05) is 31.2 Å². The number of aromatic nitrogens is 1. The SMILES string of the molecule is CCOc1cc(CN2CCC3(CC2)CN(c2ccc(C(=O)O)cn2)C3)c(C2CC2)cc1C. The number of likely N-dealkylation sites (tertiary alicyclic amines) is 1. The van der Waals surface area contributed by atoms with Gasteiger partial charge >= 0.3 is 5.97 Å². The molecule has 0 bridgehead atoms. The van der Waals surface area contributed by atoms with Gasteiger partial charge in [0.2, 0.25) is 0 Å². The molecule has 1 aromatic heterocycles. The molecule has 1 N–H and O–H groups in total.